The third kappa shape index (κ3) is 2.98. The van der Waals surface area contributed by atoms with Crippen molar-refractivity contribution >= 4 is 21.8 Å². The highest BCUT2D eigenvalue weighted by Gasteiger charge is 2.14. The van der Waals surface area contributed by atoms with Gasteiger partial charge in [-0.25, -0.2) is 0 Å². The number of benzene rings is 1. The molecule has 1 atom stereocenters. The van der Waals surface area contributed by atoms with Crippen LogP contribution in [-0.4, -0.2) is 22.4 Å². The molecule has 0 heterocycles. The Balaban J connectivity index is 2.84. The molecule has 4 heteroatoms. The maximum Gasteiger partial charge on any atom is 0.251 e. The second kappa shape index (κ2) is 5.89. The first-order valence-corrected chi connectivity index (χ1v) is 6.37. The van der Waals surface area contributed by atoms with Crippen LogP contribution in [-0.2, 0) is 0 Å². The van der Waals surface area contributed by atoms with Crippen LogP contribution in [0.4, 0.5) is 0 Å². The van der Waals surface area contributed by atoms with Crippen LogP contribution in [0.1, 0.15) is 29.3 Å². The first-order chi connectivity index (χ1) is 7.60. The Morgan fingerprint density at radius 3 is 2.81 bits per heavy atom. The van der Waals surface area contributed by atoms with E-state index in [0.717, 1.165) is 11.8 Å². The number of phenols is 1. The molecule has 1 aromatic rings. The molecule has 0 aliphatic carbocycles. The molecule has 3 nitrogen and oxygen atoms in total. The summed E-state index contributed by atoms with van der Waals surface area (Å²) in [6.07, 6.45) is 0.870. The smallest absolute Gasteiger partial charge is 0.251 e. The third-order valence-electron chi connectivity index (χ3n) is 2.56. The molecule has 88 valence electrons. The Bertz CT molecular complexity index is 375. The van der Waals surface area contributed by atoms with E-state index in [4.69, 9.17) is 0 Å². The number of carbonyl (C=O) groups is 1. The fourth-order valence-electron chi connectivity index (χ4n) is 1.38. The van der Waals surface area contributed by atoms with Crippen molar-refractivity contribution in [3.05, 3.63) is 29.3 Å². The fraction of sp³-hybridized carbons (Fsp3) is 0.417. The molecule has 0 saturated carbocycles. The molecule has 1 rings (SSSR count). The van der Waals surface area contributed by atoms with E-state index in [0.29, 0.717) is 11.1 Å². The number of nitrogens with one attached hydrogen (secondary N) is 1. The molecule has 0 aliphatic rings. The van der Waals surface area contributed by atoms with Crippen LogP contribution in [0, 0.1) is 6.92 Å². The van der Waals surface area contributed by atoms with Crippen molar-refractivity contribution < 1.29 is 9.90 Å². The molecule has 0 aromatic heterocycles. The fourth-order valence-corrected chi connectivity index (χ4v) is 2.00. The van der Waals surface area contributed by atoms with Crippen molar-refractivity contribution in [3.63, 3.8) is 0 Å². The van der Waals surface area contributed by atoms with E-state index in [-0.39, 0.29) is 17.7 Å². The average Bonchev–Trinajstić information content (AvgIpc) is 2.29. The molecule has 0 fully saturated rings. The van der Waals surface area contributed by atoms with Crippen LogP contribution in [0.2, 0.25) is 0 Å². The van der Waals surface area contributed by atoms with E-state index >= 15 is 0 Å². The molecule has 0 radical (unpaired) electrons. The van der Waals surface area contributed by atoms with Gasteiger partial charge in [0.25, 0.3) is 5.91 Å². The van der Waals surface area contributed by atoms with Gasteiger partial charge in [0.05, 0.1) is 0 Å². The minimum absolute atomic E-state index is 0.120. The Morgan fingerprint density at radius 2 is 2.25 bits per heavy atom. The summed E-state index contributed by atoms with van der Waals surface area (Å²) in [5.41, 5.74) is 1.14. The summed E-state index contributed by atoms with van der Waals surface area (Å²) in [6.45, 7) is 3.75. The van der Waals surface area contributed by atoms with Gasteiger partial charge in [-0.15, -0.1) is 0 Å². The number of alkyl halides is 1. The van der Waals surface area contributed by atoms with Gasteiger partial charge in [0.15, 0.2) is 0 Å². The van der Waals surface area contributed by atoms with Crippen LogP contribution in [0.25, 0.3) is 0 Å². The number of hydrogen-bond acceptors (Lipinski definition) is 2. The number of hydrogen-bond donors (Lipinski definition) is 2. The van der Waals surface area contributed by atoms with Crippen molar-refractivity contribution in [3.8, 4) is 5.75 Å². The SMILES string of the molecule is CCC(CBr)NC(=O)c1cccc(O)c1C. The summed E-state index contributed by atoms with van der Waals surface area (Å²) >= 11 is 3.35. The molecule has 1 aromatic carbocycles. The molecular weight excluding hydrogens is 270 g/mol. The second-order valence-electron chi connectivity index (χ2n) is 3.68. The van der Waals surface area contributed by atoms with Crippen molar-refractivity contribution in [2.45, 2.75) is 26.3 Å². The van der Waals surface area contributed by atoms with Gasteiger partial charge in [0, 0.05) is 22.5 Å². The zero-order valence-corrected chi connectivity index (χ0v) is 11.0. The number of carbonyl (C=O) groups excluding carboxylic acids is 1. The van der Waals surface area contributed by atoms with Crippen molar-refractivity contribution in [1.29, 1.82) is 0 Å². The minimum Gasteiger partial charge on any atom is -0.508 e. The van der Waals surface area contributed by atoms with Crippen LogP contribution in [0.15, 0.2) is 18.2 Å². The van der Waals surface area contributed by atoms with Gasteiger partial charge in [-0.05, 0) is 25.5 Å². The molecule has 0 bridgehead atoms. The molecule has 16 heavy (non-hydrogen) atoms. The summed E-state index contributed by atoms with van der Waals surface area (Å²) < 4.78 is 0. The van der Waals surface area contributed by atoms with Crippen molar-refractivity contribution in [2.75, 3.05) is 5.33 Å². The molecule has 0 aliphatic heterocycles. The zero-order valence-electron chi connectivity index (χ0n) is 9.46. The van der Waals surface area contributed by atoms with Crippen LogP contribution >= 0.6 is 15.9 Å². The summed E-state index contributed by atoms with van der Waals surface area (Å²) in [6, 6.07) is 5.08. The molecule has 2 N–H and O–H groups in total. The van der Waals surface area contributed by atoms with Crippen LogP contribution in [0.5, 0.6) is 5.75 Å². The van der Waals surface area contributed by atoms with Crippen molar-refractivity contribution in [2.24, 2.45) is 0 Å². The second-order valence-corrected chi connectivity index (χ2v) is 4.33. The molecular formula is C12H16BrNO2. The number of aromatic hydroxyl groups is 1. The van der Waals surface area contributed by atoms with Gasteiger partial charge in [-0.2, -0.15) is 0 Å². The lowest BCUT2D eigenvalue weighted by Crippen LogP contribution is -2.35. The third-order valence-corrected chi connectivity index (χ3v) is 3.35. The lowest BCUT2D eigenvalue weighted by atomic mass is 10.1. The number of phenolic OH excluding ortho intramolecular Hbond substituents is 1. The monoisotopic (exact) mass is 285 g/mol. The molecule has 0 spiro atoms. The van der Waals surface area contributed by atoms with Gasteiger partial charge in [-0.3, -0.25) is 4.79 Å². The Hall–Kier alpha value is -1.03. The maximum absolute atomic E-state index is 11.9. The van der Waals surface area contributed by atoms with Gasteiger partial charge >= 0.3 is 0 Å². The summed E-state index contributed by atoms with van der Waals surface area (Å²) in [5.74, 6) is 0.0132. The Morgan fingerprint density at radius 1 is 1.56 bits per heavy atom. The Kier molecular flexibility index (Phi) is 4.80. The van der Waals surface area contributed by atoms with Gasteiger partial charge < -0.3 is 10.4 Å². The highest BCUT2D eigenvalue weighted by molar-refractivity contribution is 9.09. The zero-order chi connectivity index (χ0) is 12.1. The first-order valence-electron chi connectivity index (χ1n) is 5.25. The predicted molar refractivity (Wildman–Crippen MR) is 68.2 cm³/mol. The number of halogens is 1. The maximum atomic E-state index is 11.9. The summed E-state index contributed by atoms with van der Waals surface area (Å²) in [5, 5.41) is 13.1. The molecule has 0 saturated heterocycles. The minimum atomic E-state index is -0.139. The molecule has 1 amide bonds. The van der Waals surface area contributed by atoms with Gasteiger partial charge in [0.1, 0.15) is 5.75 Å². The Labute approximate surface area is 104 Å². The average molecular weight is 286 g/mol. The largest absolute Gasteiger partial charge is 0.508 e. The number of amides is 1. The predicted octanol–water partition coefficient (Wildman–Crippen LogP) is 2.60. The van der Waals surface area contributed by atoms with E-state index in [1.165, 1.54) is 0 Å². The quantitative estimate of drug-likeness (QED) is 0.836. The van der Waals surface area contributed by atoms with Crippen molar-refractivity contribution in [1.82, 2.24) is 5.32 Å². The van der Waals surface area contributed by atoms with E-state index in [2.05, 4.69) is 21.2 Å². The lowest BCUT2D eigenvalue weighted by molar-refractivity contribution is 0.0939. The van der Waals surface area contributed by atoms with Gasteiger partial charge in [0.2, 0.25) is 0 Å². The molecule has 1 unspecified atom stereocenters. The van der Waals surface area contributed by atoms with Crippen LogP contribution < -0.4 is 5.32 Å². The standard InChI is InChI=1S/C12H16BrNO2/c1-3-9(7-13)14-12(16)10-5-4-6-11(15)8(10)2/h4-6,9,15H,3,7H2,1-2H3,(H,14,16). The van der Waals surface area contributed by atoms with Gasteiger partial charge in [-0.1, -0.05) is 28.9 Å². The summed E-state index contributed by atoms with van der Waals surface area (Å²) in [7, 11) is 0. The van der Waals surface area contributed by atoms with E-state index in [1.807, 2.05) is 6.92 Å². The summed E-state index contributed by atoms with van der Waals surface area (Å²) in [4.78, 5) is 11.9. The van der Waals surface area contributed by atoms with Crippen LogP contribution in [0.3, 0.4) is 0 Å². The lowest BCUT2D eigenvalue weighted by Gasteiger charge is -2.15. The topological polar surface area (TPSA) is 49.3 Å². The van der Waals surface area contributed by atoms with E-state index in [9.17, 15) is 9.90 Å². The normalized spacial score (nSPS) is 12.2. The number of rotatable bonds is 4. The first kappa shape index (κ1) is 13.0. The highest BCUT2D eigenvalue weighted by Crippen LogP contribution is 2.19. The highest BCUT2D eigenvalue weighted by atomic mass is 79.9. The van der Waals surface area contributed by atoms with E-state index < -0.39 is 0 Å². The van der Waals surface area contributed by atoms with E-state index in [1.54, 1.807) is 25.1 Å².